The summed E-state index contributed by atoms with van der Waals surface area (Å²) in [6.07, 6.45) is 1.57. The molecule has 100 valence electrons. The van der Waals surface area contributed by atoms with Crippen molar-refractivity contribution in [2.45, 2.75) is 4.90 Å². The third kappa shape index (κ3) is 2.59. The summed E-state index contributed by atoms with van der Waals surface area (Å²) < 4.78 is 25.7. The Morgan fingerprint density at radius 1 is 1.11 bits per heavy atom. The summed E-state index contributed by atoms with van der Waals surface area (Å²) in [5, 5.41) is 0. The van der Waals surface area contributed by atoms with Crippen LogP contribution in [0.25, 0.3) is 11.1 Å². The molecule has 2 rings (SSSR count). The van der Waals surface area contributed by atoms with E-state index in [9.17, 15) is 8.42 Å². The molecule has 0 spiro atoms. The SMILES string of the molecule is CN(C)S(=O)(=O)c1ccccc1-c1ccc(N)nc1. The Morgan fingerprint density at radius 3 is 2.37 bits per heavy atom. The van der Waals surface area contributed by atoms with E-state index in [2.05, 4.69) is 4.98 Å². The number of nitrogens with zero attached hydrogens (tertiary/aromatic N) is 2. The largest absolute Gasteiger partial charge is 0.384 e. The van der Waals surface area contributed by atoms with Crippen LogP contribution in [0.4, 0.5) is 5.82 Å². The summed E-state index contributed by atoms with van der Waals surface area (Å²) in [5.74, 6) is 0.400. The second kappa shape index (κ2) is 4.99. The number of hydrogen-bond acceptors (Lipinski definition) is 4. The smallest absolute Gasteiger partial charge is 0.243 e. The molecule has 0 aliphatic heterocycles. The molecule has 0 saturated carbocycles. The average molecular weight is 277 g/mol. The number of benzene rings is 1. The lowest BCUT2D eigenvalue weighted by molar-refractivity contribution is 0.521. The van der Waals surface area contributed by atoms with Crippen molar-refractivity contribution in [1.29, 1.82) is 0 Å². The zero-order valence-corrected chi connectivity index (χ0v) is 11.6. The van der Waals surface area contributed by atoms with Crippen LogP contribution < -0.4 is 5.73 Å². The van der Waals surface area contributed by atoms with E-state index < -0.39 is 10.0 Å². The zero-order valence-electron chi connectivity index (χ0n) is 10.7. The van der Waals surface area contributed by atoms with E-state index in [1.165, 1.54) is 18.4 Å². The highest BCUT2D eigenvalue weighted by atomic mass is 32.2. The third-order valence-electron chi connectivity index (χ3n) is 2.74. The number of anilines is 1. The van der Waals surface area contributed by atoms with Gasteiger partial charge in [0.05, 0.1) is 4.90 Å². The molecule has 0 fully saturated rings. The first kappa shape index (κ1) is 13.5. The van der Waals surface area contributed by atoms with Crippen LogP contribution in [-0.4, -0.2) is 31.8 Å². The van der Waals surface area contributed by atoms with E-state index >= 15 is 0 Å². The van der Waals surface area contributed by atoms with Gasteiger partial charge in [-0.05, 0) is 18.2 Å². The molecule has 1 heterocycles. The molecule has 2 aromatic rings. The van der Waals surface area contributed by atoms with Crippen molar-refractivity contribution < 1.29 is 8.42 Å². The number of hydrogen-bond donors (Lipinski definition) is 1. The highest BCUT2D eigenvalue weighted by molar-refractivity contribution is 7.89. The molecule has 0 amide bonds. The Bertz CT molecular complexity index is 679. The summed E-state index contributed by atoms with van der Waals surface area (Å²) in [6.45, 7) is 0. The second-order valence-corrected chi connectivity index (χ2v) is 6.38. The summed E-state index contributed by atoms with van der Waals surface area (Å²) in [5.41, 5.74) is 6.87. The monoisotopic (exact) mass is 277 g/mol. The Labute approximate surface area is 112 Å². The first-order valence-corrected chi connectivity index (χ1v) is 7.10. The molecule has 1 aromatic heterocycles. The standard InChI is InChI=1S/C13H15N3O2S/c1-16(2)19(17,18)12-6-4-3-5-11(12)10-7-8-13(14)15-9-10/h3-9H,1-2H3,(H2,14,15). The summed E-state index contributed by atoms with van der Waals surface area (Å²) in [4.78, 5) is 4.25. The molecular formula is C13H15N3O2S. The van der Waals surface area contributed by atoms with Gasteiger partial charge >= 0.3 is 0 Å². The van der Waals surface area contributed by atoms with Crippen LogP contribution >= 0.6 is 0 Å². The van der Waals surface area contributed by atoms with E-state index in [4.69, 9.17) is 5.73 Å². The highest BCUT2D eigenvalue weighted by Crippen LogP contribution is 2.28. The average Bonchev–Trinajstić information content (AvgIpc) is 2.39. The fraction of sp³-hybridized carbons (Fsp3) is 0.154. The number of nitrogen functional groups attached to an aromatic ring is 1. The Kier molecular flexibility index (Phi) is 3.55. The number of aromatic nitrogens is 1. The number of nitrogens with two attached hydrogens (primary N) is 1. The van der Waals surface area contributed by atoms with Crippen molar-refractivity contribution in [2.24, 2.45) is 0 Å². The van der Waals surface area contributed by atoms with Gasteiger partial charge in [-0.3, -0.25) is 0 Å². The van der Waals surface area contributed by atoms with Gasteiger partial charge in [-0.1, -0.05) is 18.2 Å². The third-order valence-corrected chi connectivity index (χ3v) is 4.62. The predicted octanol–water partition coefficient (Wildman–Crippen LogP) is 1.58. The Hall–Kier alpha value is -1.92. The maximum absolute atomic E-state index is 12.3. The minimum atomic E-state index is -3.49. The first-order chi connectivity index (χ1) is 8.93. The topological polar surface area (TPSA) is 76.3 Å². The number of sulfonamides is 1. The van der Waals surface area contributed by atoms with Gasteiger partial charge in [-0.15, -0.1) is 0 Å². The molecular weight excluding hydrogens is 262 g/mol. The van der Waals surface area contributed by atoms with Crippen LogP contribution in [0.5, 0.6) is 0 Å². The lowest BCUT2D eigenvalue weighted by Gasteiger charge is -2.15. The van der Waals surface area contributed by atoms with Gasteiger partial charge < -0.3 is 5.73 Å². The predicted molar refractivity (Wildman–Crippen MR) is 75.0 cm³/mol. The van der Waals surface area contributed by atoms with Crippen LogP contribution in [0.3, 0.4) is 0 Å². The molecule has 0 unspecified atom stereocenters. The first-order valence-electron chi connectivity index (χ1n) is 5.66. The van der Waals surface area contributed by atoms with Crippen LogP contribution in [0, 0.1) is 0 Å². The van der Waals surface area contributed by atoms with Gasteiger partial charge in [0.25, 0.3) is 0 Å². The van der Waals surface area contributed by atoms with Crippen molar-refractivity contribution in [3.05, 3.63) is 42.6 Å². The van der Waals surface area contributed by atoms with Gasteiger partial charge in [-0.2, -0.15) is 0 Å². The van der Waals surface area contributed by atoms with Gasteiger partial charge in [0.2, 0.25) is 10.0 Å². The fourth-order valence-corrected chi connectivity index (χ4v) is 2.80. The van der Waals surface area contributed by atoms with E-state index in [1.54, 1.807) is 42.6 Å². The van der Waals surface area contributed by atoms with Crippen molar-refractivity contribution in [3.8, 4) is 11.1 Å². The molecule has 6 heteroatoms. The molecule has 5 nitrogen and oxygen atoms in total. The van der Waals surface area contributed by atoms with Gasteiger partial charge in [0, 0.05) is 31.4 Å². The zero-order chi connectivity index (χ0) is 14.0. The van der Waals surface area contributed by atoms with Crippen LogP contribution in [-0.2, 0) is 10.0 Å². The van der Waals surface area contributed by atoms with E-state index in [0.717, 1.165) is 5.56 Å². The molecule has 19 heavy (non-hydrogen) atoms. The second-order valence-electron chi connectivity index (χ2n) is 4.26. The van der Waals surface area contributed by atoms with Gasteiger partial charge in [-0.25, -0.2) is 17.7 Å². The van der Waals surface area contributed by atoms with Gasteiger partial charge in [0.1, 0.15) is 5.82 Å². The van der Waals surface area contributed by atoms with Gasteiger partial charge in [0.15, 0.2) is 0 Å². The van der Waals surface area contributed by atoms with Crippen molar-refractivity contribution >= 4 is 15.8 Å². The number of rotatable bonds is 3. The molecule has 0 aliphatic rings. The summed E-state index contributed by atoms with van der Waals surface area (Å²) in [7, 11) is -0.477. The molecule has 0 atom stereocenters. The molecule has 2 N–H and O–H groups in total. The van der Waals surface area contributed by atoms with Crippen molar-refractivity contribution in [2.75, 3.05) is 19.8 Å². The van der Waals surface area contributed by atoms with E-state index in [-0.39, 0.29) is 4.90 Å². The van der Waals surface area contributed by atoms with E-state index in [1.807, 2.05) is 0 Å². The summed E-state index contributed by atoms with van der Waals surface area (Å²) in [6, 6.07) is 10.2. The van der Waals surface area contributed by atoms with Crippen molar-refractivity contribution in [3.63, 3.8) is 0 Å². The van der Waals surface area contributed by atoms with Crippen LogP contribution in [0.1, 0.15) is 0 Å². The maximum atomic E-state index is 12.3. The fourth-order valence-electron chi connectivity index (χ4n) is 1.69. The van der Waals surface area contributed by atoms with Crippen LogP contribution in [0.15, 0.2) is 47.5 Å². The highest BCUT2D eigenvalue weighted by Gasteiger charge is 2.21. The lowest BCUT2D eigenvalue weighted by Crippen LogP contribution is -2.22. The van der Waals surface area contributed by atoms with Crippen molar-refractivity contribution in [1.82, 2.24) is 9.29 Å². The van der Waals surface area contributed by atoms with E-state index in [0.29, 0.717) is 11.4 Å². The molecule has 1 aromatic carbocycles. The molecule has 0 radical (unpaired) electrons. The molecule has 0 saturated heterocycles. The minimum absolute atomic E-state index is 0.256. The summed E-state index contributed by atoms with van der Waals surface area (Å²) >= 11 is 0. The number of pyridine rings is 1. The normalized spacial score (nSPS) is 11.7. The minimum Gasteiger partial charge on any atom is -0.384 e. The maximum Gasteiger partial charge on any atom is 0.243 e. The Balaban J connectivity index is 2.63. The molecule has 0 aliphatic carbocycles. The quantitative estimate of drug-likeness (QED) is 0.924. The lowest BCUT2D eigenvalue weighted by atomic mass is 10.1. The molecule has 0 bridgehead atoms. The Morgan fingerprint density at radius 2 is 1.79 bits per heavy atom. The van der Waals surface area contributed by atoms with Crippen LogP contribution in [0.2, 0.25) is 0 Å².